The predicted molar refractivity (Wildman–Crippen MR) is 151 cm³/mol. The van der Waals surface area contributed by atoms with E-state index in [0.29, 0.717) is 0 Å². The molecule has 4 aromatic rings. The van der Waals surface area contributed by atoms with Crippen molar-refractivity contribution in [3.63, 3.8) is 0 Å². The first kappa shape index (κ1) is 25.1. The number of nitrogens with zero attached hydrogens (tertiary/aromatic N) is 2. The van der Waals surface area contributed by atoms with E-state index in [1.165, 1.54) is 0 Å². The van der Waals surface area contributed by atoms with E-state index >= 15 is 0 Å². The summed E-state index contributed by atoms with van der Waals surface area (Å²) >= 11 is 0. The molecule has 0 fully saturated rings. The van der Waals surface area contributed by atoms with E-state index in [9.17, 15) is 19.8 Å². The Labute approximate surface area is 222 Å². The third kappa shape index (κ3) is 4.85. The number of aliphatic carboxylic acids is 2. The van der Waals surface area contributed by atoms with Gasteiger partial charge in [0.15, 0.2) is 0 Å². The second-order valence-corrected chi connectivity index (χ2v) is 9.73. The lowest BCUT2D eigenvalue weighted by Gasteiger charge is -2.34. The molecule has 0 spiro atoms. The van der Waals surface area contributed by atoms with E-state index in [1.807, 2.05) is 109 Å². The largest absolute Gasteiger partial charge is 0.481 e. The van der Waals surface area contributed by atoms with E-state index in [1.54, 1.807) is 0 Å². The number of carbonyl (C=O) groups is 2. The molecule has 1 heterocycles. The third-order valence-corrected chi connectivity index (χ3v) is 7.40. The van der Waals surface area contributed by atoms with Crippen molar-refractivity contribution in [3.8, 4) is 22.3 Å². The second-order valence-electron chi connectivity index (χ2n) is 9.73. The Kier molecular flexibility index (Phi) is 6.88. The lowest BCUT2D eigenvalue weighted by Crippen LogP contribution is -2.28. The summed E-state index contributed by atoms with van der Waals surface area (Å²) in [6.07, 6.45) is -0.118. The Balaban J connectivity index is 1.81. The van der Waals surface area contributed by atoms with Gasteiger partial charge in [-0.05, 0) is 46.5 Å². The minimum atomic E-state index is -0.871. The number of fused-ring (bicyclic) bond motifs is 8. The number of carboxylic acids is 2. The molecule has 5 rings (SSSR count). The summed E-state index contributed by atoms with van der Waals surface area (Å²) in [5, 5.41) is 19.7. The number of rotatable bonds is 4. The monoisotopic (exact) mass is 506 g/mol. The van der Waals surface area contributed by atoms with Crippen molar-refractivity contribution in [2.24, 2.45) is 0 Å². The van der Waals surface area contributed by atoms with Gasteiger partial charge >= 0.3 is 11.9 Å². The van der Waals surface area contributed by atoms with Crippen LogP contribution in [-0.4, -0.2) is 36.2 Å². The van der Waals surface area contributed by atoms with E-state index < -0.39 is 24.0 Å². The molecule has 38 heavy (non-hydrogen) atoms. The third-order valence-electron chi connectivity index (χ3n) is 7.40. The summed E-state index contributed by atoms with van der Waals surface area (Å²) in [4.78, 5) is 28.1. The van der Waals surface area contributed by atoms with Gasteiger partial charge in [0, 0.05) is 36.6 Å². The van der Waals surface area contributed by atoms with Gasteiger partial charge in [0.05, 0.1) is 24.9 Å². The van der Waals surface area contributed by atoms with Crippen LogP contribution in [-0.2, 0) is 9.59 Å². The molecular formula is C32H30N2O4. The molecule has 2 unspecified atom stereocenters. The van der Waals surface area contributed by atoms with Gasteiger partial charge in [-0.25, -0.2) is 0 Å². The Bertz CT molecular complexity index is 1390. The molecule has 0 aromatic heterocycles. The number of hydrogen-bond donors (Lipinski definition) is 2. The molecule has 0 saturated carbocycles. The van der Waals surface area contributed by atoms with E-state index in [-0.39, 0.29) is 12.8 Å². The average Bonchev–Trinajstić information content (AvgIpc) is 2.93. The number of anilines is 2. The van der Waals surface area contributed by atoms with Gasteiger partial charge in [0.25, 0.3) is 0 Å². The van der Waals surface area contributed by atoms with Crippen LogP contribution in [0.1, 0.15) is 36.1 Å². The van der Waals surface area contributed by atoms with Crippen LogP contribution in [0.15, 0.2) is 97.1 Å². The first-order chi connectivity index (χ1) is 18.3. The summed E-state index contributed by atoms with van der Waals surface area (Å²) in [5.41, 5.74) is 7.41. The zero-order chi connectivity index (χ0) is 26.8. The Morgan fingerprint density at radius 2 is 1.00 bits per heavy atom. The fourth-order valence-corrected chi connectivity index (χ4v) is 5.50. The molecule has 2 N–H and O–H groups in total. The Hall–Kier alpha value is -4.58. The van der Waals surface area contributed by atoms with Gasteiger partial charge in [-0.2, -0.15) is 0 Å². The molecule has 192 valence electrons. The molecule has 0 amide bonds. The molecular weight excluding hydrogens is 476 g/mol. The zero-order valence-corrected chi connectivity index (χ0v) is 21.4. The van der Waals surface area contributed by atoms with Gasteiger partial charge in [-0.15, -0.1) is 0 Å². The molecule has 0 radical (unpaired) electrons. The Morgan fingerprint density at radius 1 is 0.605 bits per heavy atom. The molecule has 1 aliphatic heterocycles. The van der Waals surface area contributed by atoms with Crippen molar-refractivity contribution in [2.45, 2.75) is 24.9 Å². The fourth-order valence-electron chi connectivity index (χ4n) is 5.50. The van der Waals surface area contributed by atoms with Crippen molar-refractivity contribution in [3.05, 3.63) is 108 Å². The first-order valence-corrected chi connectivity index (χ1v) is 12.6. The standard InChI is InChI=1S/C32H30N2O4/c1-33-27-15-5-3-13-25(27)21-9-8-12-24(18-21)30(20-32(37)38)34(2)28-16-6-4-14-26(28)22-10-7-11-23(17-22)29(33)19-31(35)36/h3-18,29-30H,19-20H2,1-2H3,(H,35,36)(H,37,38). The van der Waals surface area contributed by atoms with Gasteiger partial charge in [-0.1, -0.05) is 72.8 Å². The van der Waals surface area contributed by atoms with E-state index in [0.717, 1.165) is 44.8 Å². The van der Waals surface area contributed by atoms with Gasteiger partial charge in [0.2, 0.25) is 0 Å². The minimum Gasteiger partial charge on any atom is -0.481 e. The Morgan fingerprint density at radius 3 is 1.39 bits per heavy atom. The van der Waals surface area contributed by atoms with Crippen LogP contribution in [0.3, 0.4) is 0 Å². The SMILES string of the molecule is CN1c2ccccc2-c2cccc(c2)C(CC(=O)O)N(C)c2ccccc2-c2cccc(c2)C1CC(=O)O. The minimum absolute atomic E-state index is 0.0590. The van der Waals surface area contributed by atoms with Gasteiger partial charge in [0.1, 0.15) is 0 Å². The normalized spacial score (nSPS) is 16.7. The molecule has 1 aliphatic rings. The van der Waals surface area contributed by atoms with Crippen LogP contribution < -0.4 is 9.80 Å². The fraction of sp³-hybridized carbons (Fsp3) is 0.188. The number of benzene rings is 4. The highest BCUT2D eigenvalue weighted by molar-refractivity contribution is 5.83. The summed E-state index contributed by atoms with van der Waals surface area (Å²) < 4.78 is 0. The van der Waals surface area contributed by atoms with Crippen LogP contribution >= 0.6 is 0 Å². The molecule has 4 bridgehead atoms. The lowest BCUT2D eigenvalue weighted by atomic mass is 9.92. The zero-order valence-electron chi connectivity index (χ0n) is 21.4. The van der Waals surface area contributed by atoms with Gasteiger partial charge < -0.3 is 20.0 Å². The van der Waals surface area contributed by atoms with Crippen molar-refractivity contribution < 1.29 is 19.8 Å². The van der Waals surface area contributed by atoms with Crippen molar-refractivity contribution in [1.82, 2.24) is 0 Å². The van der Waals surface area contributed by atoms with E-state index in [2.05, 4.69) is 12.1 Å². The molecule has 6 nitrogen and oxygen atoms in total. The summed E-state index contributed by atoms with van der Waals surface area (Å²) in [5.74, 6) is -1.74. The maximum atomic E-state index is 12.0. The van der Waals surface area contributed by atoms with Crippen LogP contribution in [0.25, 0.3) is 22.3 Å². The molecule has 0 saturated heterocycles. The van der Waals surface area contributed by atoms with Crippen LogP contribution in [0.5, 0.6) is 0 Å². The van der Waals surface area contributed by atoms with Crippen LogP contribution in [0.4, 0.5) is 11.4 Å². The summed E-state index contributed by atoms with van der Waals surface area (Å²) in [6.45, 7) is 0. The average molecular weight is 507 g/mol. The molecule has 0 aliphatic carbocycles. The van der Waals surface area contributed by atoms with Crippen LogP contribution in [0, 0.1) is 0 Å². The maximum absolute atomic E-state index is 12.0. The van der Waals surface area contributed by atoms with Crippen LogP contribution in [0.2, 0.25) is 0 Å². The lowest BCUT2D eigenvalue weighted by molar-refractivity contribution is -0.138. The molecule has 6 heteroatoms. The number of para-hydroxylation sites is 2. The van der Waals surface area contributed by atoms with E-state index in [4.69, 9.17) is 0 Å². The highest BCUT2D eigenvalue weighted by Gasteiger charge is 2.27. The smallest absolute Gasteiger partial charge is 0.305 e. The second kappa shape index (κ2) is 10.4. The maximum Gasteiger partial charge on any atom is 0.305 e. The number of carboxylic acid groups (broad SMARTS) is 2. The topological polar surface area (TPSA) is 81.1 Å². The predicted octanol–water partition coefficient (Wildman–Crippen LogP) is 6.64. The van der Waals surface area contributed by atoms with Gasteiger partial charge in [-0.3, -0.25) is 9.59 Å². The summed E-state index contributed by atoms with van der Waals surface area (Å²) in [7, 11) is 3.87. The van der Waals surface area contributed by atoms with Crippen molar-refractivity contribution in [2.75, 3.05) is 23.9 Å². The highest BCUT2D eigenvalue weighted by Crippen LogP contribution is 2.41. The quantitative estimate of drug-likeness (QED) is 0.323. The summed E-state index contributed by atoms with van der Waals surface area (Å²) in [6, 6.07) is 31.1. The first-order valence-electron chi connectivity index (χ1n) is 12.6. The molecule has 4 aromatic carbocycles. The van der Waals surface area contributed by atoms with Crippen molar-refractivity contribution in [1.29, 1.82) is 0 Å². The van der Waals surface area contributed by atoms with Crippen molar-refractivity contribution >= 4 is 23.3 Å². The molecule has 2 atom stereocenters. The number of hydrogen-bond acceptors (Lipinski definition) is 4. The highest BCUT2D eigenvalue weighted by atomic mass is 16.4.